The molecule has 0 saturated carbocycles. The summed E-state index contributed by atoms with van der Waals surface area (Å²) in [6.07, 6.45) is 1.12. The summed E-state index contributed by atoms with van der Waals surface area (Å²) in [4.78, 5) is 6.69. The monoisotopic (exact) mass is 354 g/mol. The summed E-state index contributed by atoms with van der Waals surface area (Å²) in [5.74, 6) is 0.763. The molecule has 0 spiro atoms. The molecule has 112 valence electrons. The van der Waals surface area contributed by atoms with Crippen molar-refractivity contribution in [3.8, 4) is 11.4 Å². The second-order valence-electron chi connectivity index (χ2n) is 5.02. The van der Waals surface area contributed by atoms with Gasteiger partial charge in [0, 0.05) is 23.1 Å². The van der Waals surface area contributed by atoms with Crippen LogP contribution in [0.1, 0.15) is 12.3 Å². The fraction of sp³-hybridized carbons (Fsp3) is 0.429. The predicted octanol–water partition coefficient (Wildman–Crippen LogP) is 2.43. The number of rotatable bonds is 3. The number of nitrogens with zero attached hydrogens (tertiary/aromatic N) is 3. The van der Waals surface area contributed by atoms with Gasteiger partial charge in [-0.1, -0.05) is 5.16 Å². The molecule has 1 aliphatic rings. The van der Waals surface area contributed by atoms with Crippen LogP contribution in [0.3, 0.4) is 0 Å². The van der Waals surface area contributed by atoms with E-state index in [0.717, 1.165) is 38.2 Å². The summed E-state index contributed by atoms with van der Waals surface area (Å²) in [6, 6.07) is 4.42. The molecule has 1 aromatic heterocycles. The third-order valence-electron chi connectivity index (χ3n) is 3.43. The number of halogens is 2. The summed E-state index contributed by atoms with van der Waals surface area (Å²) in [7, 11) is 0. The van der Waals surface area contributed by atoms with Gasteiger partial charge in [0.15, 0.2) is 0 Å². The van der Waals surface area contributed by atoms with Crippen LogP contribution in [0.5, 0.6) is 0 Å². The van der Waals surface area contributed by atoms with Gasteiger partial charge in [-0.25, -0.2) is 4.39 Å². The molecule has 1 N–H and O–H groups in total. The molecule has 0 bridgehead atoms. The van der Waals surface area contributed by atoms with Crippen LogP contribution in [-0.4, -0.2) is 41.2 Å². The van der Waals surface area contributed by atoms with E-state index in [2.05, 4.69) is 36.3 Å². The van der Waals surface area contributed by atoms with Crippen molar-refractivity contribution in [1.29, 1.82) is 0 Å². The van der Waals surface area contributed by atoms with Crippen LogP contribution in [-0.2, 0) is 6.54 Å². The first-order valence-electron chi connectivity index (χ1n) is 6.93. The maximum Gasteiger partial charge on any atom is 0.241 e. The Morgan fingerprint density at radius 3 is 3.10 bits per heavy atom. The fourth-order valence-corrected chi connectivity index (χ4v) is 2.88. The standard InChI is InChI=1S/C14H16BrFN4O/c15-12-8-10(16)2-3-11(12)14-18-13(21-19-14)9-20-6-1-4-17-5-7-20/h2-3,8,17H,1,4-7,9H2. The number of nitrogens with one attached hydrogen (secondary N) is 1. The van der Waals surface area contributed by atoms with Gasteiger partial charge in [0.25, 0.3) is 0 Å². The molecule has 0 amide bonds. The van der Waals surface area contributed by atoms with Gasteiger partial charge < -0.3 is 9.84 Å². The van der Waals surface area contributed by atoms with Crippen LogP contribution in [0.4, 0.5) is 4.39 Å². The van der Waals surface area contributed by atoms with Crippen LogP contribution in [0.15, 0.2) is 27.2 Å². The summed E-state index contributed by atoms with van der Waals surface area (Å²) < 4.78 is 19.0. The molecule has 0 atom stereocenters. The molecule has 7 heteroatoms. The molecule has 21 heavy (non-hydrogen) atoms. The summed E-state index contributed by atoms with van der Waals surface area (Å²) in [5.41, 5.74) is 0.726. The Morgan fingerprint density at radius 2 is 2.24 bits per heavy atom. The van der Waals surface area contributed by atoms with Crippen molar-refractivity contribution in [1.82, 2.24) is 20.4 Å². The Kier molecular flexibility index (Phi) is 4.62. The van der Waals surface area contributed by atoms with E-state index in [4.69, 9.17) is 4.52 Å². The minimum atomic E-state index is -0.300. The van der Waals surface area contributed by atoms with Gasteiger partial charge in [0.05, 0.1) is 6.54 Å². The third kappa shape index (κ3) is 3.66. The zero-order valence-corrected chi connectivity index (χ0v) is 13.1. The first-order valence-corrected chi connectivity index (χ1v) is 7.73. The van der Waals surface area contributed by atoms with E-state index < -0.39 is 0 Å². The van der Waals surface area contributed by atoms with Gasteiger partial charge in [-0.3, -0.25) is 4.90 Å². The molecular weight excluding hydrogens is 339 g/mol. The Morgan fingerprint density at radius 1 is 1.33 bits per heavy atom. The lowest BCUT2D eigenvalue weighted by Gasteiger charge is -2.16. The summed E-state index contributed by atoms with van der Waals surface area (Å²) >= 11 is 3.32. The van der Waals surface area contributed by atoms with Crippen molar-refractivity contribution >= 4 is 15.9 Å². The largest absolute Gasteiger partial charge is 0.338 e. The number of hydrogen-bond donors (Lipinski definition) is 1. The van der Waals surface area contributed by atoms with Gasteiger partial charge in [-0.2, -0.15) is 4.98 Å². The molecule has 5 nitrogen and oxygen atoms in total. The smallest absolute Gasteiger partial charge is 0.241 e. The van der Waals surface area contributed by atoms with E-state index >= 15 is 0 Å². The van der Waals surface area contributed by atoms with E-state index in [1.807, 2.05) is 0 Å². The van der Waals surface area contributed by atoms with Crippen molar-refractivity contribution < 1.29 is 8.91 Å². The second-order valence-corrected chi connectivity index (χ2v) is 5.87. The zero-order chi connectivity index (χ0) is 14.7. The summed E-state index contributed by atoms with van der Waals surface area (Å²) in [6.45, 7) is 4.66. The SMILES string of the molecule is Fc1ccc(-c2noc(CN3CCCNCC3)n2)c(Br)c1. The quantitative estimate of drug-likeness (QED) is 0.917. The molecule has 2 heterocycles. The van der Waals surface area contributed by atoms with Gasteiger partial charge >= 0.3 is 0 Å². The maximum absolute atomic E-state index is 13.1. The number of hydrogen-bond acceptors (Lipinski definition) is 5. The van der Waals surface area contributed by atoms with Crippen LogP contribution in [0.25, 0.3) is 11.4 Å². The van der Waals surface area contributed by atoms with E-state index in [1.165, 1.54) is 12.1 Å². The Balaban J connectivity index is 1.73. The molecule has 2 aromatic rings. The molecular formula is C14H16BrFN4O. The zero-order valence-electron chi connectivity index (χ0n) is 11.5. The first kappa shape index (κ1) is 14.6. The fourth-order valence-electron chi connectivity index (χ4n) is 2.35. The lowest BCUT2D eigenvalue weighted by molar-refractivity contribution is 0.239. The highest BCUT2D eigenvalue weighted by atomic mass is 79.9. The maximum atomic E-state index is 13.1. The normalized spacial score (nSPS) is 16.9. The van der Waals surface area contributed by atoms with Crippen LogP contribution in [0.2, 0.25) is 0 Å². The molecule has 0 radical (unpaired) electrons. The Bertz CT molecular complexity index is 611. The lowest BCUT2D eigenvalue weighted by Crippen LogP contribution is -2.27. The van der Waals surface area contributed by atoms with Crippen molar-refractivity contribution in [3.63, 3.8) is 0 Å². The predicted molar refractivity (Wildman–Crippen MR) is 80.2 cm³/mol. The van der Waals surface area contributed by atoms with Crippen LogP contribution < -0.4 is 5.32 Å². The highest BCUT2D eigenvalue weighted by molar-refractivity contribution is 9.10. The summed E-state index contributed by atoms with van der Waals surface area (Å²) in [5, 5.41) is 7.34. The highest BCUT2D eigenvalue weighted by Crippen LogP contribution is 2.26. The Hall–Kier alpha value is -1.31. The topological polar surface area (TPSA) is 54.2 Å². The molecule has 0 aliphatic carbocycles. The number of benzene rings is 1. The molecule has 3 rings (SSSR count). The molecule has 0 unspecified atom stereocenters. The molecule has 1 aromatic carbocycles. The van der Waals surface area contributed by atoms with Crippen LogP contribution >= 0.6 is 15.9 Å². The van der Waals surface area contributed by atoms with E-state index in [9.17, 15) is 4.39 Å². The van der Waals surface area contributed by atoms with Gasteiger partial charge in [0.2, 0.25) is 11.7 Å². The van der Waals surface area contributed by atoms with E-state index in [-0.39, 0.29) is 5.82 Å². The lowest BCUT2D eigenvalue weighted by atomic mass is 10.2. The van der Waals surface area contributed by atoms with Crippen LogP contribution in [0, 0.1) is 5.82 Å². The van der Waals surface area contributed by atoms with E-state index in [1.54, 1.807) is 6.07 Å². The van der Waals surface area contributed by atoms with Gasteiger partial charge in [0.1, 0.15) is 5.82 Å². The van der Waals surface area contributed by atoms with Gasteiger partial charge in [-0.15, -0.1) is 0 Å². The second kappa shape index (κ2) is 6.64. The van der Waals surface area contributed by atoms with Gasteiger partial charge in [-0.05, 0) is 53.6 Å². The Labute approximate surface area is 130 Å². The highest BCUT2D eigenvalue weighted by Gasteiger charge is 2.16. The van der Waals surface area contributed by atoms with Crippen molar-refractivity contribution in [3.05, 3.63) is 34.4 Å². The first-order chi connectivity index (χ1) is 10.2. The average molecular weight is 355 g/mol. The van der Waals surface area contributed by atoms with Crippen molar-refractivity contribution in [2.75, 3.05) is 26.2 Å². The minimum absolute atomic E-state index is 0.300. The molecule has 1 saturated heterocycles. The van der Waals surface area contributed by atoms with Crippen molar-refractivity contribution in [2.45, 2.75) is 13.0 Å². The average Bonchev–Trinajstić information content (AvgIpc) is 2.75. The van der Waals surface area contributed by atoms with E-state index in [0.29, 0.717) is 22.7 Å². The molecule has 1 aliphatic heterocycles. The minimum Gasteiger partial charge on any atom is -0.338 e. The number of aromatic nitrogens is 2. The van der Waals surface area contributed by atoms with Crippen molar-refractivity contribution in [2.24, 2.45) is 0 Å². The molecule has 1 fully saturated rings. The third-order valence-corrected chi connectivity index (χ3v) is 4.09.